The number of nitrogens with one attached hydrogen (secondary N) is 2. The number of hydrogen-bond donors (Lipinski definition) is 3. The van der Waals surface area contributed by atoms with E-state index >= 15 is 0 Å². The third kappa shape index (κ3) is 6.12. The fraction of sp³-hybridized carbons (Fsp3) is 0.520. The van der Waals surface area contributed by atoms with Crippen LogP contribution < -0.4 is 20.2 Å². The van der Waals surface area contributed by atoms with Gasteiger partial charge in [0.2, 0.25) is 0 Å². The largest absolute Gasteiger partial charge is 0.493 e. The molecule has 2 aromatic carbocycles. The van der Waals surface area contributed by atoms with Crippen LogP contribution in [-0.2, 0) is 6.42 Å². The molecule has 6 heteroatoms. The quantitative estimate of drug-likeness (QED) is 0.627. The van der Waals surface area contributed by atoms with Crippen LogP contribution in [0.3, 0.4) is 0 Å². The number of hydrogen-bond acceptors (Lipinski definition) is 6. The summed E-state index contributed by atoms with van der Waals surface area (Å²) in [4.78, 5) is 0. The molecule has 1 atom stereocenters. The Bertz CT molecular complexity index is 847. The summed E-state index contributed by atoms with van der Waals surface area (Å²) in [6.45, 7) is 10.1. The first-order chi connectivity index (χ1) is 15.2. The van der Waals surface area contributed by atoms with Crippen LogP contribution in [0.1, 0.15) is 46.1 Å². The van der Waals surface area contributed by atoms with E-state index in [1.165, 1.54) is 11.1 Å². The van der Waals surface area contributed by atoms with Gasteiger partial charge in [0.05, 0.1) is 20.3 Å². The predicted molar refractivity (Wildman–Crippen MR) is 128 cm³/mol. The first-order valence-corrected chi connectivity index (χ1v) is 11.5. The van der Waals surface area contributed by atoms with Crippen LogP contribution in [0.25, 0.3) is 10.8 Å². The number of nitrogens with zero attached hydrogens (tertiary/aromatic N) is 1. The number of piperidine rings is 1. The van der Waals surface area contributed by atoms with E-state index in [9.17, 15) is 5.21 Å². The second-order valence-corrected chi connectivity index (χ2v) is 7.27. The summed E-state index contributed by atoms with van der Waals surface area (Å²) in [6.07, 6.45) is 4.92. The highest BCUT2D eigenvalue weighted by Gasteiger charge is 2.30. The zero-order valence-corrected chi connectivity index (χ0v) is 19.9. The van der Waals surface area contributed by atoms with Gasteiger partial charge in [-0.2, -0.15) is 5.17 Å². The lowest BCUT2D eigenvalue weighted by atomic mass is 9.84. The Hall–Kier alpha value is -2.28. The van der Waals surface area contributed by atoms with Gasteiger partial charge in [-0.15, -0.1) is 0 Å². The smallest absolute Gasteiger partial charge is 0.161 e. The second-order valence-electron chi connectivity index (χ2n) is 7.27. The van der Waals surface area contributed by atoms with Crippen molar-refractivity contribution in [2.24, 2.45) is 5.92 Å². The highest BCUT2D eigenvalue weighted by molar-refractivity contribution is 5.86. The van der Waals surface area contributed by atoms with Crippen LogP contribution >= 0.6 is 0 Å². The predicted octanol–water partition coefficient (Wildman–Crippen LogP) is 4.91. The molecule has 6 nitrogen and oxygen atoms in total. The third-order valence-corrected chi connectivity index (χ3v) is 5.62. The van der Waals surface area contributed by atoms with E-state index < -0.39 is 0 Å². The number of benzene rings is 2. The minimum Gasteiger partial charge on any atom is -0.493 e. The Morgan fingerprint density at radius 3 is 2.16 bits per heavy atom. The zero-order valence-electron chi connectivity index (χ0n) is 19.9. The van der Waals surface area contributed by atoms with Gasteiger partial charge in [-0.1, -0.05) is 45.9 Å². The van der Waals surface area contributed by atoms with Gasteiger partial charge in [-0.25, -0.2) is 5.43 Å². The minimum absolute atomic E-state index is 0.121. The van der Waals surface area contributed by atoms with Crippen molar-refractivity contribution in [1.29, 1.82) is 0 Å². The van der Waals surface area contributed by atoms with Crippen molar-refractivity contribution in [2.45, 2.75) is 53.0 Å². The van der Waals surface area contributed by atoms with Crippen LogP contribution in [0.15, 0.2) is 42.1 Å². The van der Waals surface area contributed by atoms with E-state index in [1.54, 1.807) is 14.2 Å². The highest BCUT2D eigenvalue weighted by Crippen LogP contribution is 2.34. The fourth-order valence-corrected chi connectivity index (χ4v) is 4.20. The number of fused-ring (bicyclic) bond motifs is 1. The topological polar surface area (TPSA) is 66.0 Å². The molecule has 1 unspecified atom stereocenters. The Kier molecular flexibility index (Phi) is 10.1. The normalized spacial score (nSPS) is 18.5. The molecule has 2 aliphatic rings. The van der Waals surface area contributed by atoms with Crippen LogP contribution in [0.2, 0.25) is 0 Å². The average Bonchev–Trinajstić information content (AvgIpc) is 3.21. The average molecular weight is 430 g/mol. The van der Waals surface area contributed by atoms with Crippen LogP contribution in [-0.4, -0.2) is 43.7 Å². The zero-order chi connectivity index (χ0) is 22.8. The van der Waals surface area contributed by atoms with E-state index in [0.29, 0.717) is 5.92 Å². The van der Waals surface area contributed by atoms with Crippen molar-refractivity contribution in [1.82, 2.24) is 15.9 Å². The van der Waals surface area contributed by atoms with Crippen molar-refractivity contribution in [3.8, 4) is 11.5 Å². The molecule has 0 amide bonds. The first-order valence-electron chi connectivity index (χ1n) is 11.5. The maximum Gasteiger partial charge on any atom is 0.161 e. The molecule has 0 aromatic heterocycles. The van der Waals surface area contributed by atoms with Crippen molar-refractivity contribution in [2.75, 3.05) is 27.3 Å². The van der Waals surface area contributed by atoms with Gasteiger partial charge >= 0.3 is 0 Å². The molecule has 2 aliphatic heterocycles. The van der Waals surface area contributed by atoms with Crippen molar-refractivity contribution in [3.63, 3.8) is 0 Å². The van der Waals surface area contributed by atoms with Crippen molar-refractivity contribution < 1.29 is 14.7 Å². The lowest BCUT2D eigenvalue weighted by molar-refractivity contribution is -0.0839. The summed E-state index contributed by atoms with van der Waals surface area (Å²) in [5.74, 6) is 1.99. The van der Waals surface area contributed by atoms with Gasteiger partial charge in [-0.3, -0.25) is 5.21 Å². The number of hydroxylamine groups is 1. The van der Waals surface area contributed by atoms with Crippen LogP contribution in [0.5, 0.6) is 11.5 Å². The van der Waals surface area contributed by atoms with Crippen LogP contribution in [0.4, 0.5) is 0 Å². The molecule has 2 heterocycles. The monoisotopic (exact) mass is 429 g/mol. The molecule has 0 bridgehead atoms. The summed E-state index contributed by atoms with van der Waals surface area (Å²) in [5, 5.41) is 16.7. The molecule has 0 aliphatic carbocycles. The maximum absolute atomic E-state index is 9.98. The highest BCUT2D eigenvalue weighted by atomic mass is 16.5. The van der Waals surface area contributed by atoms with Crippen molar-refractivity contribution in [3.05, 3.63) is 47.7 Å². The van der Waals surface area contributed by atoms with Gasteiger partial charge in [0.15, 0.2) is 11.5 Å². The fourth-order valence-electron chi connectivity index (χ4n) is 4.20. The SMILES string of the molecule is CC.CC.COc1cc2ccc(CC3NN(O)C=C3C3CCNCC3)cc2cc1OC. The molecule has 3 N–H and O–H groups in total. The molecule has 1 saturated heterocycles. The minimum atomic E-state index is 0.121. The maximum atomic E-state index is 9.98. The molecule has 1 fully saturated rings. The van der Waals surface area contributed by atoms with Gasteiger partial charge in [0.1, 0.15) is 0 Å². The molecule has 31 heavy (non-hydrogen) atoms. The molecule has 0 radical (unpaired) electrons. The molecular formula is C25H39N3O3. The number of hydrazine groups is 1. The van der Waals surface area contributed by atoms with E-state index in [-0.39, 0.29) is 6.04 Å². The Morgan fingerprint density at radius 1 is 0.935 bits per heavy atom. The molecule has 2 aromatic rings. The van der Waals surface area contributed by atoms with E-state index in [0.717, 1.165) is 59.8 Å². The standard InChI is InChI=1S/C21H27N3O3.2C2H6/c1-26-20-11-16-4-3-14(9-17(16)12-21(20)27-2)10-19-18(13-24(25)23-19)15-5-7-22-8-6-15;2*1-2/h3-4,9,11-13,15,19,22-23,25H,5-8,10H2,1-2H3;2*1-2H3. The lowest BCUT2D eigenvalue weighted by Gasteiger charge is -2.27. The molecule has 4 rings (SSSR count). The summed E-state index contributed by atoms with van der Waals surface area (Å²) >= 11 is 0. The Labute approximate surface area is 187 Å². The molecule has 172 valence electrons. The summed E-state index contributed by atoms with van der Waals surface area (Å²) < 4.78 is 10.8. The third-order valence-electron chi connectivity index (χ3n) is 5.62. The Balaban J connectivity index is 0.000000807. The van der Waals surface area contributed by atoms with Gasteiger partial charge in [0.25, 0.3) is 0 Å². The lowest BCUT2D eigenvalue weighted by Crippen LogP contribution is -2.38. The van der Waals surface area contributed by atoms with Crippen LogP contribution in [0, 0.1) is 5.92 Å². The number of ether oxygens (including phenoxy) is 2. The summed E-state index contributed by atoms with van der Waals surface area (Å²) in [6, 6.07) is 10.6. The molecule has 0 saturated carbocycles. The van der Waals surface area contributed by atoms with Crippen molar-refractivity contribution >= 4 is 10.8 Å². The van der Waals surface area contributed by atoms with Gasteiger partial charge < -0.3 is 14.8 Å². The number of methoxy groups -OCH3 is 2. The summed E-state index contributed by atoms with van der Waals surface area (Å²) in [5.41, 5.74) is 5.69. The molecule has 0 spiro atoms. The molecular weight excluding hydrogens is 390 g/mol. The van der Waals surface area contributed by atoms with E-state index in [4.69, 9.17) is 9.47 Å². The second kappa shape index (κ2) is 12.5. The Morgan fingerprint density at radius 2 is 1.55 bits per heavy atom. The van der Waals surface area contributed by atoms with Gasteiger partial charge in [0, 0.05) is 6.20 Å². The van der Waals surface area contributed by atoms with Gasteiger partial charge in [-0.05, 0) is 72.3 Å². The van der Waals surface area contributed by atoms with E-state index in [1.807, 2.05) is 46.0 Å². The summed E-state index contributed by atoms with van der Waals surface area (Å²) in [7, 11) is 3.31. The first kappa shape index (κ1) is 25.0. The number of rotatable bonds is 5. The van der Waals surface area contributed by atoms with E-state index in [2.05, 4.69) is 28.9 Å².